The van der Waals surface area contributed by atoms with Crippen molar-refractivity contribution < 1.29 is 4.79 Å². The largest absolute Gasteiger partial charge is 0.356 e. The molecular formula is C17H26N2OS. The van der Waals surface area contributed by atoms with Crippen LogP contribution >= 0.6 is 11.8 Å². The predicted octanol–water partition coefficient (Wildman–Crippen LogP) is 3.16. The minimum Gasteiger partial charge on any atom is -0.356 e. The van der Waals surface area contributed by atoms with Crippen LogP contribution in [0.15, 0.2) is 35.2 Å². The van der Waals surface area contributed by atoms with E-state index in [2.05, 4.69) is 22.3 Å². The number of likely N-dealkylation sites (tertiary alicyclic amines) is 1. The van der Waals surface area contributed by atoms with Crippen LogP contribution in [0, 0.1) is 0 Å². The molecule has 1 fully saturated rings. The summed E-state index contributed by atoms with van der Waals surface area (Å²) >= 11 is 1.74. The fourth-order valence-electron chi connectivity index (χ4n) is 2.56. The van der Waals surface area contributed by atoms with Gasteiger partial charge in [-0.05, 0) is 57.5 Å². The predicted molar refractivity (Wildman–Crippen MR) is 89.7 cm³/mol. The second-order valence-corrected chi connectivity index (χ2v) is 6.69. The number of hydrogen-bond donors (Lipinski definition) is 1. The monoisotopic (exact) mass is 306 g/mol. The Balaban J connectivity index is 1.44. The average Bonchev–Trinajstić information content (AvgIpc) is 3.01. The molecule has 0 aliphatic carbocycles. The number of rotatable bonds is 9. The van der Waals surface area contributed by atoms with Gasteiger partial charge in [0.1, 0.15) is 0 Å². The number of hydrogen-bond acceptors (Lipinski definition) is 3. The van der Waals surface area contributed by atoms with Crippen molar-refractivity contribution in [2.45, 2.75) is 37.0 Å². The molecule has 3 nitrogen and oxygen atoms in total. The Hall–Kier alpha value is -1.00. The standard InChI is InChI=1S/C17H26N2OS/c20-17(10-15-21-16-8-2-1-3-9-16)18-11-4-5-12-19-13-6-7-14-19/h1-3,8-9H,4-7,10-15H2,(H,18,20). The lowest BCUT2D eigenvalue weighted by molar-refractivity contribution is -0.120. The van der Waals surface area contributed by atoms with Crippen molar-refractivity contribution in [3.63, 3.8) is 0 Å². The number of unbranched alkanes of at least 4 members (excludes halogenated alkanes) is 1. The van der Waals surface area contributed by atoms with Crippen LogP contribution in [-0.4, -0.2) is 42.7 Å². The number of benzene rings is 1. The molecule has 1 heterocycles. The van der Waals surface area contributed by atoms with Crippen molar-refractivity contribution in [2.75, 3.05) is 31.9 Å². The van der Waals surface area contributed by atoms with Crippen LogP contribution in [0.4, 0.5) is 0 Å². The molecule has 0 radical (unpaired) electrons. The molecule has 0 atom stereocenters. The van der Waals surface area contributed by atoms with Gasteiger partial charge in [0.2, 0.25) is 5.91 Å². The lowest BCUT2D eigenvalue weighted by Crippen LogP contribution is -2.26. The average molecular weight is 306 g/mol. The summed E-state index contributed by atoms with van der Waals surface area (Å²) in [5, 5.41) is 3.02. The molecule has 1 aromatic rings. The quantitative estimate of drug-likeness (QED) is 0.562. The van der Waals surface area contributed by atoms with E-state index in [0.717, 1.165) is 18.7 Å². The summed E-state index contributed by atoms with van der Waals surface area (Å²) in [5.41, 5.74) is 0. The van der Waals surface area contributed by atoms with Crippen molar-refractivity contribution in [1.82, 2.24) is 10.2 Å². The van der Waals surface area contributed by atoms with E-state index in [-0.39, 0.29) is 5.91 Å². The lowest BCUT2D eigenvalue weighted by atomic mass is 10.3. The van der Waals surface area contributed by atoms with E-state index in [9.17, 15) is 4.79 Å². The van der Waals surface area contributed by atoms with Gasteiger partial charge < -0.3 is 10.2 Å². The molecule has 0 bridgehead atoms. The molecule has 1 amide bonds. The first-order chi connectivity index (χ1) is 10.3. The maximum Gasteiger partial charge on any atom is 0.220 e. The first kappa shape index (κ1) is 16.4. The number of carbonyl (C=O) groups excluding carboxylic acids is 1. The fourth-order valence-corrected chi connectivity index (χ4v) is 3.43. The number of nitrogens with one attached hydrogen (secondary N) is 1. The van der Waals surface area contributed by atoms with E-state index >= 15 is 0 Å². The van der Waals surface area contributed by atoms with Gasteiger partial charge in [-0.1, -0.05) is 18.2 Å². The fraction of sp³-hybridized carbons (Fsp3) is 0.588. The van der Waals surface area contributed by atoms with Gasteiger partial charge in [0.25, 0.3) is 0 Å². The summed E-state index contributed by atoms with van der Waals surface area (Å²) in [6, 6.07) is 10.2. The third-order valence-corrected chi connectivity index (χ3v) is 4.78. The molecule has 4 heteroatoms. The van der Waals surface area contributed by atoms with Crippen molar-refractivity contribution >= 4 is 17.7 Å². The molecule has 0 spiro atoms. The van der Waals surface area contributed by atoms with Gasteiger partial charge >= 0.3 is 0 Å². The van der Waals surface area contributed by atoms with E-state index in [1.54, 1.807) is 11.8 Å². The van der Waals surface area contributed by atoms with Crippen LogP contribution in [0.2, 0.25) is 0 Å². The van der Waals surface area contributed by atoms with Crippen LogP contribution in [0.25, 0.3) is 0 Å². The Kier molecular flexibility index (Phi) is 7.68. The first-order valence-electron chi connectivity index (χ1n) is 8.01. The van der Waals surface area contributed by atoms with E-state index in [1.165, 1.54) is 43.8 Å². The number of carbonyl (C=O) groups is 1. The SMILES string of the molecule is O=C(CCSc1ccccc1)NCCCCN1CCCC1. The molecule has 0 aromatic heterocycles. The Morgan fingerprint density at radius 3 is 2.67 bits per heavy atom. The van der Waals surface area contributed by atoms with Gasteiger partial charge in [-0.25, -0.2) is 0 Å². The van der Waals surface area contributed by atoms with E-state index in [1.807, 2.05) is 18.2 Å². The Morgan fingerprint density at radius 2 is 1.90 bits per heavy atom. The van der Waals surface area contributed by atoms with Gasteiger partial charge in [-0.2, -0.15) is 0 Å². The van der Waals surface area contributed by atoms with Gasteiger partial charge in [-0.3, -0.25) is 4.79 Å². The summed E-state index contributed by atoms with van der Waals surface area (Å²) < 4.78 is 0. The summed E-state index contributed by atoms with van der Waals surface area (Å²) in [7, 11) is 0. The second-order valence-electron chi connectivity index (χ2n) is 5.52. The molecule has 21 heavy (non-hydrogen) atoms. The highest BCUT2D eigenvalue weighted by atomic mass is 32.2. The summed E-state index contributed by atoms with van der Waals surface area (Å²) in [6.07, 6.45) is 5.60. The third-order valence-electron chi connectivity index (χ3n) is 3.76. The van der Waals surface area contributed by atoms with Crippen LogP contribution in [0.3, 0.4) is 0 Å². The van der Waals surface area contributed by atoms with Crippen molar-refractivity contribution in [2.24, 2.45) is 0 Å². The maximum atomic E-state index is 11.7. The zero-order valence-corrected chi connectivity index (χ0v) is 13.5. The zero-order valence-electron chi connectivity index (χ0n) is 12.7. The normalized spacial score (nSPS) is 15.2. The highest BCUT2D eigenvalue weighted by Crippen LogP contribution is 2.17. The van der Waals surface area contributed by atoms with E-state index in [0.29, 0.717) is 6.42 Å². The second kappa shape index (κ2) is 9.85. The first-order valence-corrected chi connectivity index (χ1v) is 9.00. The van der Waals surface area contributed by atoms with Crippen molar-refractivity contribution in [3.8, 4) is 0 Å². The molecule has 2 rings (SSSR count). The van der Waals surface area contributed by atoms with E-state index in [4.69, 9.17) is 0 Å². The lowest BCUT2D eigenvalue weighted by Gasteiger charge is -2.14. The minimum absolute atomic E-state index is 0.180. The Bertz CT molecular complexity index is 405. The molecule has 1 N–H and O–H groups in total. The van der Waals surface area contributed by atoms with Gasteiger partial charge in [0, 0.05) is 23.6 Å². The zero-order chi connectivity index (χ0) is 14.8. The maximum absolute atomic E-state index is 11.7. The smallest absolute Gasteiger partial charge is 0.220 e. The van der Waals surface area contributed by atoms with Gasteiger partial charge in [0.15, 0.2) is 0 Å². The minimum atomic E-state index is 0.180. The van der Waals surface area contributed by atoms with Crippen molar-refractivity contribution in [1.29, 1.82) is 0 Å². The van der Waals surface area contributed by atoms with Crippen LogP contribution in [-0.2, 0) is 4.79 Å². The van der Waals surface area contributed by atoms with Crippen LogP contribution in [0.5, 0.6) is 0 Å². The van der Waals surface area contributed by atoms with Crippen molar-refractivity contribution in [3.05, 3.63) is 30.3 Å². The molecule has 1 aliphatic rings. The molecule has 0 saturated carbocycles. The number of nitrogens with zero attached hydrogens (tertiary/aromatic N) is 1. The number of amides is 1. The molecule has 1 aliphatic heterocycles. The molecule has 1 aromatic carbocycles. The molecule has 1 saturated heterocycles. The van der Waals surface area contributed by atoms with E-state index < -0.39 is 0 Å². The summed E-state index contributed by atoms with van der Waals surface area (Å²) in [5.74, 6) is 1.03. The highest BCUT2D eigenvalue weighted by Gasteiger charge is 2.10. The topological polar surface area (TPSA) is 32.3 Å². The Labute approximate surface area is 132 Å². The third kappa shape index (κ3) is 7.00. The molecular weight excluding hydrogens is 280 g/mol. The van der Waals surface area contributed by atoms with Crippen LogP contribution in [0.1, 0.15) is 32.1 Å². The Morgan fingerprint density at radius 1 is 1.14 bits per heavy atom. The van der Waals surface area contributed by atoms with Gasteiger partial charge in [-0.15, -0.1) is 11.8 Å². The highest BCUT2D eigenvalue weighted by molar-refractivity contribution is 7.99. The van der Waals surface area contributed by atoms with Gasteiger partial charge in [0.05, 0.1) is 0 Å². The molecule has 116 valence electrons. The molecule has 0 unspecified atom stereocenters. The summed E-state index contributed by atoms with van der Waals surface area (Å²) in [6.45, 7) is 4.55. The number of thioether (sulfide) groups is 1. The van der Waals surface area contributed by atoms with Crippen LogP contribution < -0.4 is 5.32 Å². The summed E-state index contributed by atoms with van der Waals surface area (Å²) in [4.78, 5) is 15.5.